The van der Waals surface area contributed by atoms with E-state index in [0.29, 0.717) is 0 Å². The Hall–Kier alpha value is -1.04. The molecule has 0 saturated carbocycles. The maximum atomic E-state index is 2.43. The zero-order valence-corrected chi connectivity index (χ0v) is 18.5. The smallest absolute Gasteiger partial charge is 0.00549 e. The number of hydrogen-bond acceptors (Lipinski definition) is 0. The van der Waals surface area contributed by atoms with Crippen LogP contribution in [0, 0.1) is 0 Å². The Labute approximate surface area is 169 Å². The molecule has 0 saturated heterocycles. The van der Waals surface area contributed by atoms with E-state index in [0.717, 1.165) is 0 Å². The van der Waals surface area contributed by atoms with Crippen molar-refractivity contribution in [1.82, 2.24) is 0 Å². The minimum Gasteiger partial charge on any atom is -0.0654 e. The summed E-state index contributed by atoms with van der Waals surface area (Å²) in [6, 6.07) is 7.16. The third kappa shape index (κ3) is 7.13. The number of fused-ring (bicyclic) bond motifs is 1. The summed E-state index contributed by atoms with van der Waals surface area (Å²) in [6.45, 7) is 6.94. The van der Waals surface area contributed by atoms with Gasteiger partial charge in [-0.1, -0.05) is 102 Å². The van der Waals surface area contributed by atoms with Crippen LogP contribution in [0.15, 0.2) is 23.8 Å². The first-order valence-corrected chi connectivity index (χ1v) is 12.1. The van der Waals surface area contributed by atoms with Crippen LogP contribution in [-0.2, 0) is 12.8 Å². The summed E-state index contributed by atoms with van der Waals surface area (Å²) in [5, 5.41) is 0. The summed E-state index contributed by atoms with van der Waals surface area (Å²) in [5.74, 6) is 0. The highest BCUT2D eigenvalue weighted by Gasteiger charge is 2.23. The van der Waals surface area contributed by atoms with Crippen molar-refractivity contribution in [2.45, 2.75) is 124 Å². The Balaban J connectivity index is 2.11. The third-order valence-corrected chi connectivity index (χ3v) is 6.28. The van der Waals surface area contributed by atoms with Gasteiger partial charge in [-0.05, 0) is 67.2 Å². The summed E-state index contributed by atoms with van der Waals surface area (Å²) in [5.41, 5.74) is 8.54. The summed E-state index contributed by atoms with van der Waals surface area (Å²) in [7, 11) is 0. The molecule has 0 atom stereocenters. The maximum Gasteiger partial charge on any atom is -0.00549 e. The molecule has 2 rings (SSSR count). The van der Waals surface area contributed by atoms with Crippen molar-refractivity contribution in [2.75, 3.05) is 0 Å². The van der Waals surface area contributed by atoms with E-state index in [1.807, 2.05) is 0 Å². The second kappa shape index (κ2) is 13.2. The maximum absolute atomic E-state index is 2.43. The van der Waals surface area contributed by atoms with Gasteiger partial charge in [0.05, 0.1) is 0 Å². The number of aryl methyl sites for hydroxylation is 1. The average molecular weight is 369 g/mol. The highest BCUT2D eigenvalue weighted by atomic mass is 14.3. The van der Waals surface area contributed by atoms with E-state index in [1.165, 1.54) is 103 Å². The second-order valence-electron chi connectivity index (χ2n) is 8.64. The van der Waals surface area contributed by atoms with E-state index in [9.17, 15) is 0 Å². The molecule has 0 fully saturated rings. The van der Waals surface area contributed by atoms with Crippen molar-refractivity contribution in [3.63, 3.8) is 0 Å². The molecule has 0 heteroatoms. The lowest BCUT2D eigenvalue weighted by Crippen LogP contribution is -1.96. The molecule has 27 heavy (non-hydrogen) atoms. The Kier molecular flexibility index (Phi) is 10.9. The van der Waals surface area contributed by atoms with E-state index in [-0.39, 0.29) is 0 Å². The predicted octanol–water partition coefficient (Wildman–Crippen LogP) is 9.06. The number of allylic oxidation sites excluding steroid dienone is 2. The molecule has 0 bridgehead atoms. The van der Waals surface area contributed by atoms with Crippen molar-refractivity contribution in [3.05, 3.63) is 40.5 Å². The van der Waals surface area contributed by atoms with Gasteiger partial charge in [-0.25, -0.2) is 0 Å². The molecule has 0 aliphatic heterocycles. The van der Waals surface area contributed by atoms with Gasteiger partial charge >= 0.3 is 0 Å². The Morgan fingerprint density at radius 3 is 1.85 bits per heavy atom. The van der Waals surface area contributed by atoms with Gasteiger partial charge in [0.2, 0.25) is 0 Å². The van der Waals surface area contributed by atoms with Crippen LogP contribution in [0.2, 0.25) is 0 Å². The van der Waals surface area contributed by atoms with Crippen molar-refractivity contribution < 1.29 is 0 Å². The van der Waals surface area contributed by atoms with Gasteiger partial charge < -0.3 is 0 Å². The molecule has 152 valence electrons. The lowest BCUT2D eigenvalue weighted by molar-refractivity contribution is 0.656. The molecule has 0 heterocycles. The highest BCUT2D eigenvalue weighted by molar-refractivity contribution is 5.78. The SMILES string of the molecule is CCCCCCC1=C(CCCCCC)c2c(CCCCCC)cccc2C1. The molecule has 0 spiro atoms. The van der Waals surface area contributed by atoms with Gasteiger partial charge in [0, 0.05) is 0 Å². The molecular weight excluding hydrogens is 324 g/mol. The summed E-state index contributed by atoms with van der Waals surface area (Å²) >= 11 is 0. The molecular formula is C27H44. The monoisotopic (exact) mass is 368 g/mol. The van der Waals surface area contributed by atoms with Gasteiger partial charge in [0.15, 0.2) is 0 Å². The van der Waals surface area contributed by atoms with Crippen LogP contribution in [0.3, 0.4) is 0 Å². The van der Waals surface area contributed by atoms with Crippen LogP contribution in [0.4, 0.5) is 0 Å². The molecule has 1 aromatic rings. The minimum atomic E-state index is 1.24. The van der Waals surface area contributed by atoms with Crippen LogP contribution >= 0.6 is 0 Å². The van der Waals surface area contributed by atoms with Crippen LogP contribution in [0.25, 0.3) is 5.57 Å². The first-order valence-electron chi connectivity index (χ1n) is 12.1. The van der Waals surface area contributed by atoms with E-state index < -0.39 is 0 Å². The largest absolute Gasteiger partial charge is 0.0654 e. The van der Waals surface area contributed by atoms with Gasteiger partial charge in [-0.2, -0.15) is 0 Å². The Morgan fingerprint density at radius 1 is 0.630 bits per heavy atom. The summed E-state index contributed by atoms with van der Waals surface area (Å²) in [6.07, 6.45) is 21.7. The molecule has 1 aliphatic rings. The fourth-order valence-corrected chi connectivity index (χ4v) is 4.69. The van der Waals surface area contributed by atoms with Crippen molar-refractivity contribution >= 4 is 5.57 Å². The summed E-state index contributed by atoms with van der Waals surface area (Å²) < 4.78 is 0. The van der Waals surface area contributed by atoms with Crippen LogP contribution in [0.5, 0.6) is 0 Å². The second-order valence-corrected chi connectivity index (χ2v) is 8.64. The van der Waals surface area contributed by atoms with Gasteiger partial charge in [0.25, 0.3) is 0 Å². The van der Waals surface area contributed by atoms with Crippen LogP contribution in [0.1, 0.15) is 127 Å². The quantitative estimate of drug-likeness (QED) is 0.271. The van der Waals surface area contributed by atoms with E-state index in [4.69, 9.17) is 0 Å². The molecule has 0 amide bonds. The number of benzene rings is 1. The first-order chi connectivity index (χ1) is 13.3. The molecule has 0 radical (unpaired) electrons. The van der Waals surface area contributed by atoms with Crippen LogP contribution in [-0.4, -0.2) is 0 Å². The molecule has 1 aromatic carbocycles. The molecule has 0 N–H and O–H groups in total. The zero-order chi connectivity index (χ0) is 19.3. The topological polar surface area (TPSA) is 0 Å². The van der Waals surface area contributed by atoms with Crippen molar-refractivity contribution in [2.24, 2.45) is 0 Å². The highest BCUT2D eigenvalue weighted by Crippen LogP contribution is 2.41. The fraction of sp³-hybridized carbons (Fsp3) is 0.704. The number of rotatable bonds is 15. The third-order valence-electron chi connectivity index (χ3n) is 6.28. The molecule has 0 aromatic heterocycles. The Morgan fingerprint density at radius 2 is 1.22 bits per heavy atom. The number of hydrogen-bond donors (Lipinski definition) is 0. The molecule has 0 unspecified atom stereocenters. The molecule has 1 aliphatic carbocycles. The zero-order valence-electron chi connectivity index (χ0n) is 18.5. The van der Waals surface area contributed by atoms with E-state index >= 15 is 0 Å². The van der Waals surface area contributed by atoms with Crippen LogP contribution < -0.4 is 0 Å². The normalized spacial score (nSPS) is 13.4. The van der Waals surface area contributed by atoms with Gasteiger partial charge in [0.1, 0.15) is 0 Å². The summed E-state index contributed by atoms with van der Waals surface area (Å²) in [4.78, 5) is 0. The Bertz CT molecular complexity index is 563. The predicted molar refractivity (Wildman–Crippen MR) is 122 cm³/mol. The number of unbranched alkanes of at least 4 members (excludes halogenated alkanes) is 9. The van der Waals surface area contributed by atoms with Crippen molar-refractivity contribution in [3.8, 4) is 0 Å². The minimum absolute atomic E-state index is 1.24. The average Bonchev–Trinajstić information content (AvgIpc) is 3.04. The van der Waals surface area contributed by atoms with Gasteiger partial charge in [-0.15, -0.1) is 0 Å². The van der Waals surface area contributed by atoms with Gasteiger partial charge in [-0.3, -0.25) is 0 Å². The molecule has 0 nitrogen and oxygen atoms in total. The first kappa shape index (κ1) is 22.3. The lowest BCUT2D eigenvalue weighted by atomic mass is 9.91. The van der Waals surface area contributed by atoms with E-state index in [2.05, 4.69) is 39.0 Å². The fourth-order valence-electron chi connectivity index (χ4n) is 4.69. The van der Waals surface area contributed by atoms with Crippen molar-refractivity contribution in [1.29, 1.82) is 0 Å². The lowest BCUT2D eigenvalue weighted by Gasteiger charge is -2.14. The standard InChI is InChI=1S/C27H44/c1-4-7-10-13-17-23-19-16-20-25-22-24(18-14-11-8-5-2)26(27(23)25)21-15-12-9-6-3/h16,19-20H,4-15,17-18,21-22H2,1-3H3. The van der Waals surface area contributed by atoms with E-state index in [1.54, 1.807) is 27.8 Å².